The fraction of sp³-hybridized carbons (Fsp3) is 0.377. The molecule has 1 saturated heterocycles. The monoisotopic (exact) mass is 1020 g/mol. The Labute approximate surface area is 426 Å². The Hall–Kier alpha value is -7.04. The molecule has 384 valence electrons. The van der Waals surface area contributed by atoms with Crippen molar-refractivity contribution < 1.29 is 51.9 Å². The normalized spacial score (nSPS) is 17.4. The summed E-state index contributed by atoms with van der Waals surface area (Å²) in [5.41, 5.74) is 1.47. The van der Waals surface area contributed by atoms with Gasteiger partial charge in [0.15, 0.2) is 35.5 Å². The van der Waals surface area contributed by atoms with Crippen LogP contribution in [0, 0.1) is 11.3 Å². The number of methoxy groups -OCH3 is 2. The lowest BCUT2D eigenvalue weighted by Gasteiger charge is -2.39. The lowest BCUT2D eigenvalue weighted by molar-refractivity contribution is -0.135. The summed E-state index contributed by atoms with van der Waals surface area (Å²) in [7, 11) is 1.25. The third kappa shape index (κ3) is 12.8. The second kappa shape index (κ2) is 25.6. The van der Waals surface area contributed by atoms with Gasteiger partial charge in [0.25, 0.3) is 14.4 Å². The maximum Gasteiger partial charge on any atom is 0.355 e. The van der Waals surface area contributed by atoms with Crippen molar-refractivity contribution in [2.24, 2.45) is 5.16 Å². The summed E-state index contributed by atoms with van der Waals surface area (Å²) in [5, 5.41) is 16.7. The number of hydrogen-bond acceptors (Lipinski definition) is 17. The van der Waals surface area contributed by atoms with E-state index in [0.29, 0.717) is 17.2 Å². The molecule has 1 fully saturated rings. The van der Waals surface area contributed by atoms with Gasteiger partial charge in [-0.05, 0) is 94.6 Å². The summed E-state index contributed by atoms with van der Waals surface area (Å²) < 4.78 is 54.1. The average molecular weight is 1020 g/mol. The van der Waals surface area contributed by atoms with Crippen molar-refractivity contribution in [3.63, 3.8) is 0 Å². The Bertz CT molecular complexity index is 2740. The fourth-order valence-electron chi connectivity index (χ4n) is 8.36. The number of hydrogen-bond donors (Lipinski definition) is 1. The number of rotatable bonds is 25. The standard InChI is InChI=1S/C53H61N8O11P/c1-9-66-52(63)37(6)59-71-48-47(72-73(69-30-16-29-54)61(35(2)3)36(4)5)44(70-51(48)60-34-57-46-49(55-33-56-50(46)60)58-45(62)32-67-43-19-14-11-15-20-43)31-68-53(38-17-12-10-13-18-38,39-21-25-41(64-7)26-22-39)40-23-27-42(65-8)28-24-40/h10-15,17-28,33-36,44,47-48,51H,9,16,30-32H2,1-8H3,(H,55,56,58,62)/b59-37+/t44-,47-,48-,51-,73?/m1/s1. The maximum atomic E-state index is 13.3. The Kier molecular flexibility index (Phi) is 18.8. The van der Waals surface area contributed by atoms with Crippen molar-refractivity contribution in [1.29, 1.82) is 5.26 Å². The van der Waals surface area contributed by atoms with Crippen LogP contribution in [0.1, 0.15) is 70.9 Å². The molecule has 7 rings (SSSR count). The topological polar surface area (TPSA) is 212 Å². The molecule has 1 aliphatic heterocycles. The van der Waals surface area contributed by atoms with E-state index in [1.807, 2.05) is 113 Å². The van der Waals surface area contributed by atoms with E-state index in [1.54, 1.807) is 50.0 Å². The van der Waals surface area contributed by atoms with Gasteiger partial charge in [0.1, 0.15) is 41.4 Å². The van der Waals surface area contributed by atoms with Crippen molar-refractivity contribution in [2.75, 3.05) is 46.0 Å². The van der Waals surface area contributed by atoms with Gasteiger partial charge < -0.3 is 47.6 Å². The zero-order chi connectivity index (χ0) is 51.9. The maximum absolute atomic E-state index is 13.3. The van der Waals surface area contributed by atoms with Gasteiger partial charge in [0, 0.05) is 12.1 Å². The number of ether oxygens (including phenoxy) is 6. The van der Waals surface area contributed by atoms with Crippen LogP contribution < -0.4 is 19.5 Å². The van der Waals surface area contributed by atoms with Crippen LogP contribution in [0.25, 0.3) is 11.2 Å². The van der Waals surface area contributed by atoms with E-state index in [-0.39, 0.29) is 67.6 Å². The van der Waals surface area contributed by atoms with Gasteiger partial charge >= 0.3 is 5.97 Å². The van der Waals surface area contributed by atoms with Gasteiger partial charge in [0.2, 0.25) is 6.10 Å². The largest absolute Gasteiger partial charge is 0.497 e. The predicted molar refractivity (Wildman–Crippen MR) is 273 cm³/mol. The number of nitriles is 1. The molecule has 3 heterocycles. The summed E-state index contributed by atoms with van der Waals surface area (Å²) >= 11 is 0. The van der Waals surface area contributed by atoms with Crippen LogP contribution in [-0.2, 0) is 43.3 Å². The van der Waals surface area contributed by atoms with Crippen LogP contribution >= 0.6 is 8.53 Å². The number of aromatic nitrogens is 4. The van der Waals surface area contributed by atoms with Crippen molar-refractivity contribution in [2.45, 2.75) is 90.2 Å². The van der Waals surface area contributed by atoms with Crippen LogP contribution in [0.3, 0.4) is 0 Å². The summed E-state index contributed by atoms with van der Waals surface area (Å²) in [5.74, 6) is 0.778. The molecule has 19 nitrogen and oxygen atoms in total. The number of imidazole rings is 1. The molecule has 1 aliphatic rings. The molecule has 0 spiro atoms. The minimum Gasteiger partial charge on any atom is -0.497 e. The molecule has 6 aromatic rings. The molecular formula is C53H61N8O11P. The third-order valence-electron chi connectivity index (χ3n) is 11.7. The van der Waals surface area contributed by atoms with Gasteiger partial charge in [-0.25, -0.2) is 24.4 Å². The Balaban J connectivity index is 1.37. The summed E-state index contributed by atoms with van der Waals surface area (Å²) in [6.07, 6.45) is -1.51. The van der Waals surface area contributed by atoms with Crippen molar-refractivity contribution in [3.05, 3.63) is 139 Å². The number of carbonyl (C=O) groups is 2. The summed E-state index contributed by atoms with van der Waals surface area (Å²) in [6.45, 7) is 11.0. The summed E-state index contributed by atoms with van der Waals surface area (Å²) in [4.78, 5) is 46.4. The van der Waals surface area contributed by atoms with Crippen molar-refractivity contribution in [3.8, 4) is 23.3 Å². The molecule has 20 heteroatoms. The Morgan fingerprint density at radius 3 is 2.05 bits per heavy atom. The predicted octanol–water partition coefficient (Wildman–Crippen LogP) is 8.75. The highest BCUT2D eigenvalue weighted by atomic mass is 31.2. The number of anilines is 1. The quantitative estimate of drug-likeness (QED) is 0.0142. The number of nitrogens with zero attached hydrogens (tertiary/aromatic N) is 7. The van der Waals surface area contributed by atoms with E-state index in [1.165, 1.54) is 19.6 Å². The molecule has 0 bridgehead atoms. The first-order valence-electron chi connectivity index (χ1n) is 23.8. The van der Waals surface area contributed by atoms with E-state index >= 15 is 0 Å². The SMILES string of the molecule is CCOC(=O)/C(C)=N/O[C@@H]1[C@H](OP(OCCC#N)N(C(C)C)C(C)C)[C@@H](COC(c2ccccc2)(c2ccc(OC)cc2)c2ccc(OC)cc2)O[C@H]1n1cnc2c(NC(=O)COc3ccccc3)ncnc21. The first kappa shape index (κ1) is 53.8. The van der Waals surface area contributed by atoms with Crippen LogP contribution in [0.15, 0.2) is 127 Å². The molecule has 1 N–H and O–H groups in total. The van der Waals surface area contributed by atoms with Gasteiger partial charge in [-0.2, -0.15) is 5.26 Å². The number of fused-ring (bicyclic) bond motifs is 1. The van der Waals surface area contributed by atoms with E-state index in [4.69, 9.17) is 42.3 Å². The van der Waals surface area contributed by atoms with Crippen molar-refractivity contribution >= 4 is 43.1 Å². The number of amides is 1. The number of nitrogens with one attached hydrogen (secondary N) is 1. The van der Waals surface area contributed by atoms with E-state index in [0.717, 1.165) is 16.7 Å². The highest BCUT2D eigenvalue weighted by molar-refractivity contribution is 7.44. The van der Waals surface area contributed by atoms with Crippen molar-refractivity contribution in [1.82, 2.24) is 24.2 Å². The zero-order valence-corrected chi connectivity index (χ0v) is 43.0. The molecule has 1 unspecified atom stereocenters. The average Bonchev–Trinajstić information content (AvgIpc) is 3.99. The third-order valence-corrected chi connectivity index (χ3v) is 13.8. The zero-order valence-electron chi connectivity index (χ0n) is 42.1. The van der Waals surface area contributed by atoms with E-state index in [2.05, 4.69) is 36.2 Å². The molecule has 73 heavy (non-hydrogen) atoms. The van der Waals surface area contributed by atoms with Gasteiger partial charge in [-0.15, -0.1) is 0 Å². The lowest BCUT2D eigenvalue weighted by atomic mass is 9.80. The summed E-state index contributed by atoms with van der Waals surface area (Å²) in [6, 6.07) is 36.1. The molecule has 1 amide bonds. The molecular weight excluding hydrogens is 956 g/mol. The van der Waals surface area contributed by atoms with Crippen LogP contribution in [0.2, 0.25) is 0 Å². The van der Waals surface area contributed by atoms with E-state index in [9.17, 15) is 14.9 Å². The smallest absolute Gasteiger partial charge is 0.355 e. The molecule has 2 aromatic heterocycles. The molecule has 5 atom stereocenters. The van der Waals surface area contributed by atoms with Crippen LogP contribution in [0.5, 0.6) is 17.2 Å². The Morgan fingerprint density at radius 1 is 0.849 bits per heavy atom. The van der Waals surface area contributed by atoms with Crippen LogP contribution in [0.4, 0.5) is 5.82 Å². The van der Waals surface area contributed by atoms with Gasteiger partial charge in [0.05, 0.1) is 52.9 Å². The highest BCUT2D eigenvalue weighted by Gasteiger charge is 2.53. The number of benzene rings is 4. The first-order valence-corrected chi connectivity index (χ1v) is 25.0. The number of oxime groups is 1. The minimum absolute atomic E-state index is 0.0692. The lowest BCUT2D eigenvalue weighted by Crippen LogP contribution is -2.42. The fourth-order valence-corrected chi connectivity index (χ4v) is 10.1. The number of esters is 1. The molecule has 4 aromatic carbocycles. The van der Waals surface area contributed by atoms with Gasteiger partial charge in [-0.1, -0.05) is 78.0 Å². The molecule has 0 aliphatic carbocycles. The highest BCUT2D eigenvalue weighted by Crippen LogP contribution is 2.52. The minimum atomic E-state index is -1.96. The van der Waals surface area contributed by atoms with Crippen LogP contribution in [-0.4, -0.2) is 113 Å². The van der Waals surface area contributed by atoms with Gasteiger partial charge in [-0.3, -0.25) is 9.36 Å². The molecule has 0 radical (unpaired) electrons. The number of carbonyl (C=O) groups excluding carboxylic acids is 2. The van der Waals surface area contributed by atoms with E-state index < -0.39 is 50.5 Å². The number of para-hydroxylation sites is 1. The Morgan fingerprint density at radius 2 is 1.47 bits per heavy atom. The second-order valence-corrected chi connectivity index (χ2v) is 18.6. The first-order chi connectivity index (χ1) is 35.4. The second-order valence-electron chi connectivity index (χ2n) is 17.2. The molecule has 0 saturated carbocycles.